The van der Waals surface area contributed by atoms with Gasteiger partial charge in [-0.3, -0.25) is 4.79 Å². The van der Waals surface area contributed by atoms with Gasteiger partial charge in [0.1, 0.15) is 23.0 Å². The topological polar surface area (TPSA) is 74.6 Å². The highest BCUT2D eigenvalue weighted by Crippen LogP contribution is 2.31. The van der Waals surface area contributed by atoms with Gasteiger partial charge in [0.05, 0.1) is 16.9 Å². The standard InChI is InChI=1S/C24H24F3N3O3/c1-3-28-24(2)6-8-29(9-7-24)21-12-20-15(11-18(21)27)22(31)16(23(32)33)13-30(20)19-5-4-14(25)10-17(19)26/h4-5,10-13,28H,3,6-9H2,1-2H3,(H,32,33). The second-order valence-electron chi connectivity index (χ2n) is 8.54. The van der Waals surface area contributed by atoms with Gasteiger partial charge < -0.3 is 19.9 Å². The van der Waals surface area contributed by atoms with Crippen molar-refractivity contribution in [2.45, 2.75) is 32.2 Å². The molecule has 1 aliphatic heterocycles. The van der Waals surface area contributed by atoms with E-state index in [4.69, 9.17) is 0 Å². The van der Waals surface area contributed by atoms with Gasteiger partial charge in [-0.05, 0) is 50.6 Å². The number of carboxylic acids is 1. The zero-order valence-corrected chi connectivity index (χ0v) is 18.3. The molecule has 33 heavy (non-hydrogen) atoms. The van der Waals surface area contributed by atoms with Crippen LogP contribution in [0.5, 0.6) is 0 Å². The molecule has 1 fully saturated rings. The predicted molar refractivity (Wildman–Crippen MR) is 120 cm³/mol. The van der Waals surface area contributed by atoms with Crippen molar-refractivity contribution in [3.63, 3.8) is 0 Å². The molecule has 0 atom stereocenters. The highest BCUT2D eigenvalue weighted by molar-refractivity contribution is 5.94. The first-order valence-corrected chi connectivity index (χ1v) is 10.7. The number of rotatable bonds is 5. The molecule has 0 aliphatic carbocycles. The van der Waals surface area contributed by atoms with E-state index in [0.29, 0.717) is 19.2 Å². The van der Waals surface area contributed by atoms with E-state index < -0.39 is 34.4 Å². The van der Waals surface area contributed by atoms with Crippen molar-refractivity contribution in [3.8, 4) is 5.69 Å². The molecule has 0 unspecified atom stereocenters. The highest BCUT2D eigenvalue weighted by Gasteiger charge is 2.30. The third-order valence-electron chi connectivity index (χ3n) is 6.28. The number of fused-ring (bicyclic) bond motifs is 1. The lowest BCUT2D eigenvalue weighted by Gasteiger charge is -2.41. The van der Waals surface area contributed by atoms with Gasteiger partial charge in [0.2, 0.25) is 5.43 Å². The van der Waals surface area contributed by atoms with Crippen LogP contribution in [0.3, 0.4) is 0 Å². The van der Waals surface area contributed by atoms with Crippen molar-refractivity contribution >= 4 is 22.6 Å². The number of benzene rings is 2. The number of hydrogen-bond acceptors (Lipinski definition) is 4. The van der Waals surface area contributed by atoms with Crippen molar-refractivity contribution < 1.29 is 23.1 Å². The molecule has 0 spiro atoms. The van der Waals surface area contributed by atoms with Gasteiger partial charge in [-0.2, -0.15) is 0 Å². The summed E-state index contributed by atoms with van der Waals surface area (Å²) >= 11 is 0. The average Bonchev–Trinajstić information content (AvgIpc) is 2.75. The van der Waals surface area contributed by atoms with Gasteiger partial charge in [0, 0.05) is 36.3 Å². The normalized spacial score (nSPS) is 15.7. The van der Waals surface area contributed by atoms with Crippen LogP contribution in [0.4, 0.5) is 18.9 Å². The number of anilines is 1. The molecule has 6 nitrogen and oxygen atoms in total. The van der Waals surface area contributed by atoms with Crippen LogP contribution < -0.4 is 15.6 Å². The number of carbonyl (C=O) groups is 1. The molecule has 0 bridgehead atoms. The molecule has 2 aromatic carbocycles. The Morgan fingerprint density at radius 3 is 2.36 bits per heavy atom. The zero-order chi connectivity index (χ0) is 23.9. The van der Waals surface area contributed by atoms with Gasteiger partial charge in [0.25, 0.3) is 0 Å². The van der Waals surface area contributed by atoms with Gasteiger partial charge in [-0.25, -0.2) is 18.0 Å². The Kier molecular flexibility index (Phi) is 5.92. The molecule has 3 aromatic rings. The Morgan fingerprint density at radius 1 is 1.09 bits per heavy atom. The summed E-state index contributed by atoms with van der Waals surface area (Å²) in [6.07, 6.45) is 2.54. The number of halogens is 3. The summed E-state index contributed by atoms with van der Waals surface area (Å²) in [6.45, 7) is 6.09. The lowest BCUT2D eigenvalue weighted by Crippen LogP contribution is -2.51. The third-order valence-corrected chi connectivity index (χ3v) is 6.28. The largest absolute Gasteiger partial charge is 0.477 e. The van der Waals surface area contributed by atoms with Crippen LogP contribution in [0.15, 0.2) is 41.3 Å². The SMILES string of the molecule is CCNC1(C)CCN(c2cc3c(cc2F)c(=O)c(C(=O)O)cn3-c2ccc(F)cc2F)CC1. The molecule has 2 heterocycles. The van der Waals surface area contributed by atoms with E-state index in [-0.39, 0.29) is 27.8 Å². The maximum Gasteiger partial charge on any atom is 0.341 e. The molecule has 1 saturated heterocycles. The smallest absolute Gasteiger partial charge is 0.341 e. The summed E-state index contributed by atoms with van der Waals surface area (Å²) in [5.41, 5.74) is -1.36. The molecule has 4 rings (SSSR count). The van der Waals surface area contributed by atoms with Crippen LogP contribution in [0, 0.1) is 17.5 Å². The van der Waals surface area contributed by atoms with E-state index >= 15 is 4.39 Å². The zero-order valence-electron chi connectivity index (χ0n) is 18.3. The molecule has 9 heteroatoms. The number of aromatic carboxylic acids is 1. The molecule has 1 aliphatic rings. The van der Waals surface area contributed by atoms with Crippen molar-refractivity contribution in [3.05, 3.63) is 69.8 Å². The molecule has 1 aromatic heterocycles. The number of hydrogen-bond donors (Lipinski definition) is 2. The molecule has 0 saturated carbocycles. The van der Waals surface area contributed by atoms with E-state index in [1.807, 2.05) is 11.8 Å². The summed E-state index contributed by atoms with van der Waals surface area (Å²) in [5.74, 6) is -3.94. The quantitative estimate of drug-likeness (QED) is 0.602. The lowest BCUT2D eigenvalue weighted by molar-refractivity contribution is 0.0695. The second-order valence-corrected chi connectivity index (χ2v) is 8.54. The van der Waals surface area contributed by atoms with Crippen LogP contribution in [-0.2, 0) is 0 Å². The minimum atomic E-state index is -1.53. The van der Waals surface area contributed by atoms with Crippen molar-refractivity contribution in [2.24, 2.45) is 0 Å². The molecule has 2 N–H and O–H groups in total. The maximum atomic E-state index is 15.1. The van der Waals surface area contributed by atoms with Gasteiger partial charge in [-0.1, -0.05) is 6.92 Å². The first-order chi connectivity index (χ1) is 15.6. The van der Waals surface area contributed by atoms with Crippen LogP contribution in [0.1, 0.15) is 37.0 Å². The van der Waals surface area contributed by atoms with Crippen molar-refractivity contribution in [1.82, 2.24) is 9.88 Å². The Morgan fingerprint density at radius 2 is 1.76 bits per heavy atom. The summed E-state index contributed by atoms with van der Waals surface area (Å²) < 4.78 is 44.4. The van der Waals surface area contributed by atoms with Crippen LogP contribution in [-0.4, -0.2) is 40.8 Å². The fraction of sp³-hybridized carbons (Fsp3) is 0.333. The minimum absolute atomic E-state index is 0.0612. The van der Waals surface area contributed by atoms with Crippen molar-refractivity contribution in [2.75, 3.05) is 24.5 Å². The van der Waals surface area contributed by atoms with E-state index in [1.54, 1.807) is 0 Å². The second kappa shape index (κ2) is 8.55. The summed E-state index contributed by atoms with van der Waals surface area (Å²) in [7, 11) is 0. The Hall–Kier alpha value is -3.33. The third kappa shape index (κ3) is 4.20. The molecular weight excluding hydrogens is 435 g/mol. The van der Waals surface area contributed by atoms with Crippen LogP contribution >= 0.6 is 0 Å². The van der Waals surface area contributed by atoms with Crippen LogP contribution in [0.25, 0.3) is 16.6 Å². The first kappa shape index (κ1) is 22.8. The van der Waals surface area contributed by atoms with Gasteiger partial charge in [0.15, 0.2) is 0 Å². The van der Waals surface area contributed by atoms with E-state index in [0.717, 1.165) is 48.3 Å². The van der Waals surface area contributed by atoms with E-state index in [9.17, 15) is 23.5 Å². The summed E-state index contributed by atoms with van der Waals surface area (Å²) in [5, 5.41) is 12.7. The maximum absolute atomic E-state index is 15.1. The van der Waals surface area contributed by atoms with E-state index in [1.165, 1.54) is 6.07 Å². The predicted octanol–water partition coefficient (Wildman–Crippen LogP) is 4.07. The van der Waals surface area contributed by atoms with Gasteiger partial charge in [-0.15, -0.1) is 0 Å². The monoisotopic (exact) mass is 459 g/mol. The summed E-state index contributed by atoms with van der Waals surface area (Å²) in [4.78, 5) is 26.2. The number of carboxylic acid groups (broad SMARTS) is 1. The number of nitrogens with one attached hydrogen (secondary N) is 1. The summed E-state index contributed by atoms with van der Waals surface area (Å²) in [6, 6.07) is 5.26. The highest BCUT2D eigenvalue weighted by atomic mass is 19.1. The lowest BCUT2D eigenvalue weighted by atomic mass is 9.89. The van der Waals surface area contributed by atoms with Crippen molar-refractivity contribution in [1.29, 1.82) is 0 Å². The fourth-order valence-corrected chi connectivity index (χ4v) is 4.45. The Labute approximate surface area is 188 Å². The van der Waals surface area contributed by atoms with E-state index in [2.05, 4.69) is 12.2 Å². The molecule has 0 radical (unpaired) electrons. The number of pyridine rings is 1. The van der Waals surface area contributed by atoms with Gasteiger partial charge >= 0.3 is 5.97 Å². The molecule has 0 amide bonds. The number of nitrogens with zero attached hydrogens (tertiary/aromatic N) is 2. The average molecular weight is 459 g/mol. The minimum Gasteiger partial charge on any atom is -0.477 e. The Bertz CT molecular complexity index is 1300. The number of piperidine rings is 1. The first-order valence-electron chi connectivity index (χ1n) is 10.7. The fourth-order valence-electron chi connectivity index (χ4n) is 4.45. The Balaban J connectivity index is 1.89. The molecule has 174 valence electrons. The number of aromatic nitrogens is 1. The van der Waals surface area contributed by atoms with Crippen LogP contribution in [0.2, 0.25) is 0 Å². The molecular formula is C24H24F3N3O3.